The third kappa shape index (κ3) is 2.58. The molecule has 17 heavy (non-hydrogen) atoms. The van der Waals surface area contributed by atoms with Crippen molar-refractivity contribution < 1.29 is 0 Å². The van der Waals surface area contributed by atoms with Gasteiger partial charge in [-0.05, 0) is 13.8 Å². The molecule has 0 spiro atoms. The fraction of sp³-hybridized carbons (Fsp3) is 0.455. The van der Waals surface area contributed by atoms with Crippen LogP contribution in [0.15, 0.2) is 22.8 Å². The summed E-state index contributed by atoms with van der Waals surface area (Å²) in [6, 6.07) is 0. The molecule has 0 aliphatic heterocycles. The molecule has 2 heterocycles. The van der Waals surface area contributed by atoms with Crippen LogP contribution in [0.1, 0.15) is 19.5 Å². The van der Waals surface area contributed by atoms with Gasteiger partial charge in [0.1, 0.15) is 0 Å². The molecule has 0 bridgehead atoms. The first-order valence-corrected chi connectivity index (χ1v) is 6.58. The summed E-state index contributed by atoms with van der Waals surface area (Å²) < 4.78 is 2.00. The van der Waals surface area contributed by atoms with E-state index in [1.54, 1.807) is 11.3 Å². The molecule has 2 aromatic rings. The number of aromatic nitrogens is 2. The summed E-state index contributed by atoms with van der Waals surface area (Å²) in [4.78, 5) is 11.8. The summed E-state index contributed by atoms with van der Waals surface area (Å²) in [7, 11) is 0. The van der Waals surface area contributed by atoms with Crippen molar-refractivity contribution in [2.75, 3.05) is 13.1 Å². The normalized spacial score (nSPS) is 12.2. The van der Waals surface area contributed by atoms with Gasteiger partial charge in [-0.2, -0.15) is 0 Å². The highest BCUT2D eigenvalue weighted by Gasteiger charge is 2.04. The zero-order valence-corrected chi connectivity index (χ0v) is 10.9. The van der Waals surface area contributed by atoms with E-state index in [2.05, 4.69) is 23.8 Å². The van der Waals surface area contributed by atoms with E-state index in [-0.39, 0.29) is 0 Å². The molecule has 0 aliphatic carbocycles. The lowest BCUT2D eigenvalue weighted by Crippen LogP contribution is -2.37. The lowest BCUT2D eigenvalue weighted by atomic mass is 10.5. The second-order valence-corrected chi connectivity index (χ2v) is 4.54. The molecule has 6 heteroatoms. The first-order chi connectivity index (χ1) is 8.24. The van der Waals surface area contributed by atoms with Gasteiger partial charge in [-0.3, -0.25) is 4.40 Å². The van der Waals surface area contributed by atoms with Crippen molar-refractivity contribution in [1.29, 1.82) is 0 Å². The molecular weight excluding hydrogens is 234 g/mol. The summed E-state index contributed by atoms with van der Waals surface area (Å²) in [6.45, 7) is 6.43. The number of aliphatic imine (C=N–C) groups is 1. The molecule has 92 valence electrons. The second kappa shape index (κ2) is 5.18. The van der Waals surface area contributed by atoms with Gasteiger partial charge in [0.05, 0.1) is 12.2 Å². The quantitative estimate of drug-likeness (QED) is 0.662. The molecule has 2 aromatic heterocycles. The van der Waals surface area contributed by atoms with Crippen molar-refractivity contribution in [3.05, 3.63) is 23.5 Å². The van der Waals surface area contributed by atoms with Crippen molar-refractivity contribution in [2.45, 2.75) is 20.4 Å². The predicted molar refractivity (Wildman–Crippen MR) is 71.3 cm³/mol. The van der Waals surface area contributed by atoms with Crippen molar-refractivity contribution in [2.24, 2.45) is 10.7 Å². The number of nitrogens with zero attached hydrogens (tertiary/aromatic N) is 4. The van der Waals surface area contributed by atoms with Gasteiger partial charge in [0.15, 0.2) is 10.9 Å². The Hall–Kier alpha value is -1.56. The molecule has 0 amide bonds. The number of nitrogens with two attached hydrogens (primary N) is 1. The maximum atomic E-state index is 5.90. The van der Waals surface area contributed by atoms with Crippen LogP contribution >= 0.6 is 11.3 Å². The van der Waals surface area contributed by atoms with E-state index in [9.17, 15) is 0 Å². The van der Waals surface area contributed by atoms with Crippen molar-refractivity contribution in [3.8, 4) is 0 Å². The molecular formula is C11H17N5S. The van der Waals surface area contributed by atoms with Gasteiger partial charge in [-0.25, -0.2) is 9.98 Å². The molecule has 0 saturated heterocycles. The molecule has 0 atom stereocenters. The van der Waals surface area contributed by atoms with Crippen LogP contribution in [-0.2, 0) is 6.54 Å². The first kappa shape index (κ1) is 11.9. The summed E-state index contributed by atoms with van der Waals surface area (Å²) in [5, 5.41) is 2.01. The van der Waals surface area contributed by atoms with Gasteiger partial charge in [0.25, 0.3) is 0 Å². The Morgan fingerprint density at radius 1 is 1.53 bits per heavy atom. The van der Waals surface area contributed by atoms with E-state index in [0.717, 1.165) is 23.7 Å². The van der Waals surface area contributed by atoms with Crippen LogP contribution < -0.4 is 5.73 Å². The van der Waals surface area contributed by atoms with E-state index >= 15 is 0 Å². The van der Waals surface area contributed by atoms with E-state index in [1.165, 1.54) is 0 Å². The summed E-state index contributed by atoms with van der Waals surface area (Å²) in [5.74, 6) is 0.589. The van der Waals surface area contributed by atoms with Crippen molar-refractivity contribution in [3.63, 3.8) is 0 Å². The number of fused-ring (bicyclic) bond motifs is 1. The minimum absolute atomic E-state index is 0.538. The van der Waals surface area contributed by atoms with Crippen LogP contribution in [0.2, 0.25) is 0 Å². The number of rotatable bonds is 4. The van der Waals surface area contributed by atoms with Crippen molar-refractivity contribution >= 4 is 22.3 Å². The van der Waals surface area contributed by atoms with Crippen LogP contribution in [0.25, 0.3) is 4.96 Å². The average molecular weight is 251 g/mol. The van der Waals surface area contributed by atoms with Gasteiger partial charge in [-0.1, -0.05) is 0 Å². The molecule has 2 rings (SSSR count). The lowest BCUT2D eigenvalue weighted by Gasteiger charge is -2.18. The molecule has 5 nitrogen and oxygen atoms in total. The fourth-order valence-electron chi connectivity index (χ4n) is 1.66. The van der Waals surface area contributed by atoms with Gasteiger partial charge in [0.2, 0.25) is 0 Å². The molecule has 0 saturated carbocycles. The highest BCUT2D eigenvalue weighted by molar-refractivity contribution is 7.15. The molecule has 0 aliphatic rings. The Balaban J connectivity index is 2.06. The Morgan fingerprint density at radius 3 is 2.94 bits per heavy atom. The number of thiazole rings is 1. The Kier molecular flexibility index (Phi) is 3.63. The Bertz CT molecular complexity index is 480. The van der Waals surface area contributed by atoms with Gasteiger partial charge in [0, 0.05) is 30.9 Å². The minimum Gasteiger partial charge on any atom is -0.370 e. The fourth-order valence-corrected chi connectivity index (χ4v) is 2.38. The second-order valence-electron chi connectivity index (χ2n) is 3.67. The number of imidazole rings is 1. The Labute approximate surface area is 105 Å². The third-order valence-corrected chi connectivity index (χ3v) is 3.40. The van der Waals surface area contributed by atoms with E-state index in [0.29, 0.717) is 12.5 Å². The highest BCUT2D eigenvalue weighted by atomic mass is 32.1. The maximum Gasteiger partial charge on any atom is 0.193 e. The molecule has 0 radical (unpaired) electrons. The highest BCUT2D eigenvalue weighted by Crippen LogP contribution is 2.11. The summed E-state index contributed by atoms with van der Waals surface area (Å²) in [5.41, 5.74) is 6.85. The summed E-state index contributed by atoms with van der Waals surface area (Å²) >= 11 is 1.62. The standard InChI is InChI=1S/C11H17N5S/c1-3-15(4-2)10(12)13-7-9-8-16-5-6-17-11(16)14-9/h5-6,8H,3-4,7H2,1-2H3,(H2,12,13). The number of hydrogen-bond donors (Lipinski definition) is 1. The van der Waals surface area contributed by atoms with Gasteiger partial charge >= 0.3 is 0 Å². The minimum atomic E-state index is 0.538. The lowest BCUT2D eigenvalue weighted by molar-refractivity contribution is 0.458. The number of hydrogen-bond acceptors (Lipinski definition) is 3. The zero-order chi connectivity index (χ0) is 12.3. The average Bonchev–Trinajstić information content (AvgIpc) is 2.88. The first-order valence-electron chi connectivity index (χ1n) is 5.70. The topological polar surface area (TPSA) is 58.9 Å². The predicted octanol–water partition coefficient (Wildman–Crippen LogP) is 1.55. The van der Waals surface area contributed by atoms with Gasteiger partial charge in [-0.15, -0.1) is 11.3 Å². The maximum absolute atomic E-state index is 5.90. The summed E-state index contributed by atoms with van der Waals surface area (Å²) in [6.07, 6.45) is 3.98. The van der Waals surface area contributed by atoms with Crippen LogP contribution in [-0.4, -0.2) is 33.3 Å². The van der Waals surface area contributed by atoms with E-state index in [4.69, 9.17) is 5.73 Å². The van der Waals surface area contributed by atoms with E-state index in [1.807, 2.05) is 27.1 Å². The van der Waals surface area contributed by atoms with Gasteiger partial charge < -0.3 is 10.6 Å². The van der Waals surface area contributed by atoms with Crippen LogP contribution in [0, 0.1) is 0 Å². The van der Waals surface area contributed by atoms with Crippen LogP contribution in [0.3, 0.4) is 0 Å². The third-order valence-electron chi connectivity index (χ3n) is 2.63. The van der Waals surface area contributed by atoms with Crippen LogP contribution in [0.5, 0.6) is 0 Å². The Morgan fingerprint density at radius 2 is 2.29 bits per heavy atom. The molecule has 2 N–H and O–H groups in total. The largest absolute Gasteiger partial charge is 0.370 e. The zero-order valence-electron chi connectivity index (χ0n) is 10.1. The van der Waals surface area contributed by atoms with Crippen LogP contribution in [0.4, 0.5) is 0 Å². The van der Waals surface area contributed by atoms with Crippen molar-refractivity contribution in [1.82, 2.24) is 14.3 Å². The monoisotopic (exact) mass is 251 g/mol. The molecule has 0 fully saturated rings. The van der Waals surface area contributed by atoms with E-state index < -0.39 is 0 Å². The smallest absolute Gasteiger partial charge is 0.193 e. The molecule has 0 unspecified atom stereocenters. The SMILES string of the molecule is CCN(CC)C(N)=NCc1cn2ccsc2n1. The molecule has 0 aromatic carbocycles. The number of guanidine groups is 1.